The molecule has 33 heavy (non-hydrogen) atoms. The first-order valence-corrected chi connectivity index (χ1v) is 11.8. The van der Waals surface area contributed by atoms with Crippen molar-refractivity contribution >= 4 is 28.8 Å². The predicted octanol–water partition coefficient (Wildman–Crippen LogP) is 4.49. The molecule has 7 nitrogen and oxygen atoms in total. The molecule has 2 aromatic carbocycles. The molecule has 1 aliphatic heterocycles. The lowest BCUT2D eigenvalue weighted by atomic mass is 9.97. The van der Waals surface area contributed by atoms with Crippen molar-refractivity contribution in [2.45, 2.75) is 12.8 Å². The molecule has 3 heterocycles. The second-order valence-corrected chi connectivity index (χ2v) is 8.88. The predicted molar refractivity (Wildman–Crippen MR) is 128 cm³/mol. The third-order valence-corrected chi connectivity index (χ3v) is 6.53. The number of aromatic nitrogens is 3. The van der Waals surface area contributed by atoms with Crippen molar-refractivity contribution in [3.05, 3.63) is 84.0 Å². The number of carbonyl (C=O) groups excluding carboxylic acids is 2. The smallest absolute Gasteiger partial charge is 0.293 e. The van der Waals surface area contributed by atoms with E-state index in [-0.39, 0.29) is 23.6 Å². The van der Waals surface area contributed by atoms with Gasteiger partial charge in [-0.05, 0) is 48.6 Å². The molecule has 0 saturated carbocycles. The molecular weight excluding hydrogens is 434 g/mol. The van der Waals surface area contributed by atoms with Crippen LogP contribution in [-0.4, -0.2) is 44.6 Å². The van der Waals surface area contributed by atoms with Gasteiger partial charge in [0, 0.05) is 18.8 Å². The van der Waals surface area contributed by atoms with E-state index < -0.39 is 0 Å². The Bertz CT molecular complexity index is 1240. The zero-order chi connectivity index (χ0) is 22.6. The molecule has 1 unspecified atom stereocenters. The van der Waals surface area contributed by atoms with E-state index in [0.717, 1.165) is 29.1 Å². The fourth-order valence-corrected chi connectivity index (χ4v) is 4.70. The van der Waals surface area contributed by atoms with Crippen LogP contribution < -0.4 is 5.32 Å². The largest absolute Gasteiger partial charge is 0.335 e. The van der Waals surface area contributed by atoms with Crippen LogP contribution in [0.15, 0.2) is 78.2 Å². The molecule has 5 rings (SSSR count). The van der Waals surface area contributed by atoms with Crippen molar-refractivity contribution in [3.8, 4) is 16.4 Å². The highest BCUT2D eigenvalue weighted by atomic mass is 32.1. The maximum absolute atomic E-state index is 13.4. The Labute approximate surface area is 195 Å². The summed E-state index contributed by atoms with van der Waals surface area (Å²) in [7, 11) is 0. The molecule has 0 bridgehead atoms. The highest BCUT2D eigenvalue weighted by Crippen LogP contribution is 2.26. The van der Waals surface area contributed by atoms with Gasteiger partial charge in [0.05, 0.1) is 16.5 Å². The molecule has 1 atom stereocenters. The lowest BCUT2D eigenvalue weighted by Gasteiger charge is -2.31. The summed E-state index contributed by atoms with van der Waals surface area (Å²) in [5.41, 5.74) is 1.60. The van der Waals surface area contributed by atoms with E-state index in [0.29, 0.717) is 18.9 Å². The maximum Gasteiger partial charge on any atom is 0.293 e. The number of thiophene rings is 1. The van der Waals surface area contributed by atoms with Crippen molar-refractivity contribution < 1.29 is 9.59 Å². The van der Waals surface area contributed by atoms with Crippen LogP contribution in [0.3, 0.4) is 0 Å². The first-order valence-electron chi connectivity index (χ1n) is 10.9. The number of benzene rings is 2. The summed E-state index contributed by atoms with van der Waals surface area (Å²) >= 11 is 1.55. The van der Waals surface area contributed by atoms with E-state index in [1.54, 1.807) is 20.9 Å². The van der Waals surface area contributed by atoms with Gasteiger partial charge in [-0.25, -0.2) is 9.67 Å². The summed E-state index contributed by atoms with van der Waals surface area (Å²) in [6.45, 7) is 0.938. The first kappa shape index (κ1) is 21.1. The van der Waals surface area contributed by atoms with E-state index in [9.17, 15) is 9.59 Å². The number of carbonyl (C=O) groups is 2. The fourth-order valence-electron chi connectivity index (χ4n) is 4.00. The zero-order valence-corrected chi connectivity index (χ0v) is 18.7. The molecule has 0 radical (unpaired) electrons. The molecule has 1 saturated heterocycles. The number of hydrogen-bond donors (Lipinski definition) is 1. The van der Waals surface area contributed by atoms with Crippen molar-refractivity contribution in [1.29, 1.82) is 0 Å². The average molecular weight is 458 g/mol. The number of nitrogens with one attached hydrogen (secondary N) is 1. The standard InChI is InChI=1S/C25H23N5O2S/c31-24(26-19-10-3-1-4-11-19)18-9-7-15-29(17-18)25(32)22-27-23(21-14-8-16-33-21)30(28-22)20-12-5-2-6-13-20/h1-6,8,10-14,16,18H,7,9,15,17H2,(H,26,31). The quantitative estimate of drug-likeness (QED) is 0.479. The second-order valence-electron chi connectivity index (χ2n) is 7.93. The lowest BCUT2D eigenvalue weighted by molar-refractivity contribution is -0.121. The van der Waals surface area contributed by atoms with E-state index in [4.69, 9.17) is 0 Å². The monoisotopic (exact) mass is 457 g/mol. The van der Waals surface area contributed by atoms with Gasteiger partial charge in [0.1, 0.15) is 0 Å². The van der Waals surface area contributed by atoms with Crippen LogP contribution in [0.5, 0.6) is 0 Å². The Balaban J connectivity index is 1.37. The third kappa shape index (κ3) is 4.56. The molecule has 2 amide bonds. The second kappa shape index (κ2) is 9.38. The fraction of sp³-hybridized carbons (Fsp3) is 0.200. The molecule has 0 aliphatic carbocycles. The van der Waals surface area contributed by atoms with Crippen molar-refractivity contribution in [2.24, 2.45) is 5.92 Å². The van der Waals surface area contributed by atoms with Crippen LogP contribution in [0.2, 0.25) is 0 Å². The minimum Gasteiger partial charge on any atom is -0.335 e. The van der Waals surface area contributed by atoms with E-state index in [1.165, 1.54) is 0 Å². The molecule has 8 heteroatoms. The van der Waals surface area contributed by atoms with Crippen LogP contribution in [0, 0.1) is 5.92 Å². The van der Waals surface area contributed by atoms with E-state index >= 15 is 0 Å². The van der Waals surface area contributed by atoms with Crippen LogP contribution in [0.25, 0.3) is 16.4 Å². The Morgan fingerprint density at radius 1 is 0.970 bits per heavy atom. The van der Waals surface area contributed by atoms with Gasteiger partial charge in [-0.3, -0.25) is 9.59 Å². The molecule has 1 fully saturated rings. The summed E-state index contributed by atoms with van der Waals surface area (Å²) in [5.74, 6) is 0.192. The van der Waals surface area contributed by atoms with Crippen LogP contribution in [-0.2, 0) is 4.79 Å². The minimum absolute atomic E-state index is 0.0688. The number of nitrogens with zero attached hydrogens (tertiary/aromatic N) is 4. The Morgan fingerprint density at radius 3 is 2.45 bits per heavy atom. The van der Waals surface area contributed by atoms with Gasteiger partial charge >= 0.3 is 0 Å². The number of anilines is 1. The number of amides is 2. The summed E-state index contributed by atoms with van der Waals surface area (Å²) in [4.78, 5) is 33.4. The molecule has 2 aromatic heterocycles. The molecular formula is C25H23N5O2S. The maximum atomic E-state index is 13.4. The van der Waals surface area contributed by atoms with E-state index in [2.05, 4.69) is 15.4 Å². The lowest BCUT2D eigenvalue weighted by Crippen LogP contribution is -2.44. The van der Waals surface area contributed by atoms with Crippen molar-refractivity contribution in [2.75, 3.05) is 18.4 Å². The Morgan fingerprint density at radius 2 is 1.73 bits per heavy atom. The number of hydrogen-bond acceptors (Lipinski definition) is 5. The average Bonchev–Trinajstić information content (AvgIpc) is 3.55. The highest BCUT2D eigenvalue weighted by molar-refractivity contribution is 7.13. The van der Waals surface area contributed by atoms with Gasteiger partial charge in [0.25, 0.3) is 5.91 Å². The first-order chi connectivity index (χ1) is 16.2. The van der Waals surface area contributed by atoms with Gasteiger partial charge in [-0.1, -0.05) is 42.5 Å². The summed E-state index contributed by atoms with van der Waals surface area (Å²) < 4.78 is 1.71. The van der Waals surface area contributed by atoms with Crippen LogP contribution in [0.1, 0.15) is 23.5 Å². The Hall–Kier alpha value is -3.78. The summed E-state index contributed by atoms with van der Waals surface area (Å²) in [6.07, 6.45) is 1.50. The molecule has 0 spiro atoms. The zero-order valence-electron chi connectivity index (χ0n) is 17.9. The van der Waals surface area contributed by atoms with Gasteiger partial charge in [-0.15, -0.1) is 16.4 Å². The number of para-hydroxylation sites is 2. The molecule has 166 valence electrons. The molecule has 1 N–H and O–H groups in total. The molecule has 4 aromatic rings. The Kier molecular flexibility index (Phi) is 5.99. The van der Waals surface area contributed by atoms with Gasteiger partial charge in [0.15, 0.2) is 5.82 Å². The topological polar surface area (TPSA) is 80.1 Å². The van der Waals surface area contributed by atoms with Gasteiger partial charge in [0.2, 0.25) is 11.7 Å². The minimum atomic E-state index is -0.268. The van der Waals surface area contributed by atoms with Crippen LogP contribution >= 0.6 is 11.3 Å². The van der Waals surface area contributed by atoms with E-state index in [1.807, 2.05) is 78.2 Å². The van der Waals surface area contributed by atoms with Crippen LogP contribution in [0.4, 0.5) is 5.69 Å². The van der Waals surface area contributed by atoms with Crippen molar-refractivity contribution in [3.63, 3.8) is 0 Å². The molecule has 1 aliphatic rings. The number of likely N-dealkylation sites (tertiary alicyclic amines) is 1. The summed E-state index contributed by atoms with van der Waals surface area (Å²) in [5, 5.41) is 9.50. The van der Waals surface area contributed by atoms with Gasteiger partial charge < -0.3 is 10.2 Å². The van der Waals surface area contributed by atoms with Crippen molar-refractivity contribution in [1.82, 2.24) is 19.7 Å². The summed E-state index contributed by atoms with van der Waals surface area (Å²) in [6, 6.07) is 23.0. The van der Waals surface area contributed by atoms with Gasteiger partial charge in [-0.2, -0.15) is 0 Å². The number of rotatable bonds is 5. The number of piperidine rings is 1. The third-order valence-electron chi connectivity index (χ3n) is 5.66. The SMILES string of the molecule is O=C(Nc1ccccc1)C1CCCN(C(=O)c2nc(-c3cccs3)n(-c3ccccc3)n2)C1. The normalized spacial score (nSPS) is 15.9. The highest BCUT2D eigenvalue weighted by Gasteiger charge is 2.31.